The Kier molecular flexibility index (Phi) is 5.89. The summed E-state index contributed by atoms with van der Waals surface area (Å²) < 4.78 is 11.1. The maximum Gasteiger partial charge on any atom is 0.295 e. The normalized spacial score (nSPS) is 18.9. The Hall–Kier alpha value is -3.55. The van der Waals surface area contributed by atoms with Gasteiger partial charge in [-0.15, -0.1) is 0 Å². The van der Waals surface area contributed by atoms with Crippen molar-refractivity contribution in [2.24, 2.45) is 0 Å². The van der Waals surface area contributed by atoms with Gasteiger partial charge in [-0.3, -0.25) is 14.6 Å². The van der Waals surface area contributed by atoms with Crippen LogP contribution in [0.15, 0.2) is 66.5 Å². The second-order valence-electron chi connectivity index (χ2n) is 7.81. The number of aliphatic hydroxyl groups excluding tert-OH is 1. The highest BCUT2D eigenvalue weighted by atomic mass is 35.5. The molecular weight excluding hydrogens is 479 g/mol. The highest BCUT2D eigenvalue weighted by molar-refractivity contribution is 6.47. The zero-order valence-corrected chi connectivity index (χ0v) is 19.2. The molecule has 2 aliphatic heterocycles. The second-order valence-corrected chi connectivity index (χ2v) is 8.65. The van der Waals surface area contributed by atoms with E-state index in [0.29, 0.717) is 40.9 Å². The third-order valence-electron chi connectivity index (χ3n) is 5.71. The van der Waals surface area contributed by atoms with Crippen molar-refractivity contribution in [2.45, 2.75) is 12.6 Å². The van der Waals surface area contributed by atoms with Gasteiger partial charge in [0.1, 0.15) is 19.0 Å². The number of nitrogens with zero attached hydrogens (tertiary/aromatic N) is 2. The van der Waals surface area contributed by atoms with Crippen LogP contribution in [0.2, 0.25) is 10.0 Å². The van der Waals surface area contributed by atoms with E-state index in [2.05, 4.69) is 4.98 Å². The largest absolute Gasteiger partial charge is 0.507 e. The van der Waals surface area contributed by atoms with Crippen LogP contribution >= 0.6 is 23.2 Å². The molecule has 2 aromatic carbocycles. The number of hydrogen-bond donors (Lipinski definition) is 1. The third-order valence-corrected chi connectivity index (χ3v) is 6.28. The number of ketones is 1. The molecule has 34 heavy (non-hydrogen) atoms. The van der Waals surface area contributed by atoms with Gasteiger partial charge in [0.05, 0.1) is 11.6 Å². The van der Waals surface area contributed by atoms with Gasteiger partial charge in [0.2, 0.25) is 0 Å². The standard InChI is InChI=1S/C25H18Cl2N2O5/c26-16-2-3-17(18(27)12-16)22-21(23(30)15-1-4-19-20(11-15)34-10-9-33-19)24(31)25(32)29(22)13-14-5-7-28-8-6-14/h1-8,11-12,22,30H,9-10,13H2/b23-21+. The molecule has 5 rings (SSSR count). The van der Waals surface area contributed by atoms with Crippen molar-refractivity contribution in [1.82, 2.24) is 9.88 Å². The number of aromatic nitrogens is 1. The first-order valence-corrected chi connectivity index (χ1v) is 11.2. The minimum Gasteiger partial charge on any atom is -0.507 e. The van der Waals surface area contributed by atoms with Gasteiger partial charge in [0.15, 0.2) is 11.5 Å². The maximum atomic E-state index is 13.2. The molecular formula is C25H18Cl2N2O5. The summed E-state index contributed by atoms with van der Waals surface area (Å²) >= 11 is 12.6. The number of pyridine rings is 1. The van der Waals surface area contributed by atoms with Crippen molar-refractivity contribution in [3.63, 3.8) is 0 Å². The number of hydrogen-bond acceptors (Lipinski definition) is 6. The molecule has 1 N–H and O–H groups in total. The van der Waals surface area contributed by atoms with Crippen molar-refractivity contribution in [3.8, 4) is 11.5 Å². The van der Waals surface area contributed by atoms with E-state index in [4.69, 9.17) is 32.7 Å². The average molecular weight is 497 g/mol. The molecule has 1 amide bonds. The van der Waals surface area contributed by atoms with Crippen molar-refractivity contribution < 1.29 is 24.2 Å². The molecule has 1 fully saturated rings. The van der Waals surface area contributed by atoms with E-state index in [-0.39, 0.29) is 22.9 Å². The van der Waals surface area contributed by atoms with Crippen molar-refractivity contribution in [3.05, 3.63) is 93.2 Å². The van der Waals surface area contributed by atoms with E-state index in [1.165, 1.54) is 11.0 Å². The molecule has 0 spiro atoms. The van der Waals surface area contributed by atoms with Crippen LogP contribution in [0, 0.1) is 0 Å². The summed E-state index contributed by atoms with van der Waals surface area (Å²) in [4.78, 5) is 31.8. The molecule has 7 nitrogen and oxygen atoms in total. The number of halogens is 2. The molecule has 2 aliphatic rings. The molecule has 3 aromatic rings. The first kappa shape index (κ1) is 22.3. The lowest BCUT2D eigenvalue weighted by molar-refractivity contribution is -0.140. The smallest absolute Gasteiger partial charge is 0.295 e. The van der Waals surface area contributed by atoms with Crippen molar-refractivity contribution >= 4 is 40.7 Å². The molecule has 172 valence electrons. The summed E-state index contributed by atoms with van der Waals surface area (Å²) in [6.45, 7) is 0.913. The maximum absolute atomic E-state index is 13.2. The summed E-state index contributed by atoms with van der Waals surface area (Å²) in [6.07, 6.45) is 3.21. The van der Waals surface area contributed by atoms with Gasteiger partial charge >= 0.3 is 0 Å². The van der Waals surface area contributed by atoms with Gasteiger partial charge in [-0.1, -0.05) is 29.3 Å². The number of ether oxygens (including phenoxy) is 2. The van der Waals surface area contributed by atoms with Crippen LogP contribution < -0.4 is 9.47 Å². The Morgan fingerprint density at radius 1 is 1.00 bits per heavy atom. The van der Waals surface area contributed by atoms with Crippen LogP contribution in [0.5, 0.6) is 11.5 Å². The van der Waals surface area contributed by atoms with E-state index in [0.717, 1.165) is 5.56 Å². The average Bonchev–Trinajstić information content (AvgIpc) is 3.09. The van der Waals surface area contributed by atoms with Gasteiger partial charge in [0.25, 0.3) is 11.7 Å². The Balaban J connectivity index is 1.66. The number of benzene rings is 2. The van der Waals surface area contributed by atoms with Crippen molar-refractivity contribution in [2.75, 3.05) is 13.2 Å². The predicted octanol–water partition coefficient (Wildman–Crippen LogP) is 4.78. The van der Waals surface area contributed by atoms with Crippen LogP contribution in [0.4, 0.5) is 0 Å². The Morgan fingerprint density at radius 3 is 2.47 bits per heavy atom. The zero-order valence-electron chi connectivity index (χ0n) is 17.7. The van der Waals surface area contributed by atoms with Gasteiger partial charge in [-0.25, -0.2) is 0 Å². The fourth-order valence-corrected chi connectivity index (χ4v) is 4.63. The molecule has 3 heterocycles. The number of likely N-dealkylation sites (tertiary alicyclic amines) is 1. The number of Topliss-reactive ketones (excluding diaryl/α,β-unsaturated/α-hetero) is 1. The number of amides is 1. The van der Waals surface area contributed by atoms with Gasteiger partial charge in [0, 0.05) is 34.5 Å². The molecule has 0 aliphatic carbocycles. The molecule has 0 bridgehead atoms. The van der Waals surface area contributed by atoms with Crippen LogP contribution in [0.1, 0.15) is 22.7 Å². The highest BCUT2D eigenvalue weighted by Gasteiger charge is 2.46. The summed E-state index contributed by atoms with van der Waals surface area (Å²) in [5.41, 5.74) is 1.49. The predicted molar refractivity (Wildman–Crippen MR) is 126 cm³/mol. The Labute approximate surface area is 205 Å². The van der Waals surface area contributed by atoms with Crippen molar-refractivity contribution in [1.29, 1.82) is 0 Å². The van der Waals surface area contributed by atoms with Gasteiger partial charge < -0.3 is 19.5 Å². The molecule has 0 radical (unpaired) electrons. The molecule has 1 atom stereocenters. The topological polar surface area (TPSA) is 89.0 Å². The zero-order chi connectivity index (χ0) is 23.8. The number of rotatable bonds is 4. The summed E-state index contributed by atoms with van der Waals surface area (Å²) in [7, 11) is 0. The van der Waals surface area contributed by atoms with Crippen LogP contribution in [0.3, 0.4) is 0 Å². The SMILES string of the molecule is O=C1C(=O)N(Cc2ccncc2)C(c2ccc(Cl)cc2Cl)/C1=C(\O)c1ccc2c(c1)OCCO2. The lowest BCUT2D eigenvalue weighted by Gasteiger charge is -2.26. The first-order valence-electron chi connectivity index (χ1n) is 10.5. The fourth-order valence-electron chi connectivity index (χ4n) is 4.12. The summed E-state index contributed by atoms with van der Waals surface area (Å²) in [5, 5.41) is 12.0. The molecule has 1 aromatic heterocycles. The minimum atomic E-state index is -0.925. The molecule has 9 heteroatoms. The summed E-state index contributed by atoms with van der Waals surface area (Å²) in [6, 6.07) is 12.2. The van der Waals surface area contributed by atoms with Gasteiger partial charge in [-0.2, -0.15) is 0 Å². The third kappa shape index (κ3) is 3.97. The van der Waals surface area contributed by atoms with Crippen LogP contribution in [-0.2, 0) is 16.1 Å². The quantitative estimate of drug-likeness (QED) is 0.317. The van der Waals surface area contributed by atoms with Gasteiger partial charge in [-0.05, 0) is 53.6 Å². The fraction of sp³-hybridized carbons (Fsp3) is 0.160. The monoisotopic (exact) mass is 496 g/mol. The first-order chi connectivity index (χ1) is 16.4. The summed E-state index contributed by atoms with van der Waals surface area (Å²) in [5.74, 6) is -0.895. The van der Waals surface area contributed by atoms with Crippen LogP contribution in [0.25, 0.3) is 5.76 Å². The number of fused-ring (bicyclic) bond motifs is 1. The lowest BCUT2D eigenvalue weighted by Crippen LogP contribution is -2.29. The van der Waals surface area contributed by atoms with E-state index >= 15 is 0 Å². The van der Waals surface area contributed by atoms with E-state index in [1.807, 2.05) is 0 Å². The number of aliphatic hydroxyl groups is 1. The van der Waals surface area contributed by atoms with E-state index < -0.39 is 17.7 Å². The molecule has 1 saturated heterocycles. The Morgan fingerprint density at radius 2 is 1.74 bits per heavy atom. The van der Waals surface area contributed by atoms with Crippen LogP contribution in [-0.4, -0.2) is 39.9 Å². The minimum absolute atomic E-state index is 0.0695. The van der Waals surface area contributed by atoms with E-state index in [1.54, 1.807) is 54.9 Å². The lowest BCUT2D eigenvalue weighted by atomic mass is 9.95. The second kappa shape index (κ2) is 9.00. The number of carbonyl (C=O) groups excluding carboxylic acids is 2. The Bertz CT molecular complexity index is 1330. The number of carbonyl (C=O) groups is 2. The van der Waals surface area contributed by atoms with E-state index in [9.17, 15) is 14.7 Å². The molecule has 1 unspecified atom stereocenters. The highest BCUT2D eigenvalue weighted by Crippen LogP contribution is 2.44. The molecule has 0 saturated carbocycles.